The van der Waals surface area contributed by atoms with Crippen molar-refractivity contribution in [2.45, 2.75) is 12.8 Å². The minimum atomic E-state index is -0.443. The second-order valence-electron chi connectivity index (χ2n) is 6.32. The van der Waals surface area contributed by atoms with Gasteiger partial charge >= 0.3 is 0 Å². The SMILES string of the molecule is Cn1ncc2c1-c1c(Oc3cc4c(cc3Br)OCO4)sc(C(N)=O)c1CC2. The van der Waals surface area contributed by atoms with Gasteiger partial charge in [-0.1, -0.05) is 11.3 Å². The first-order valence-electron chi connectivity index (χ1n) is 8.26. The van der Waals surface area contributed by atoms with E-state index in [-0.39, 0.29) is 6.79 Å². The number of primary amides is 1. The predicted octanol–water partition coefficient (Wildman–Crippen LogP) is 3.63. The van der Waals surface area contributed by atoms with Crippen molar-refractivity contribution in [2.24, 2.45) is 12.8 Å². The van der Waals surface area contributed by atoms with E-state index in [2.05, 4.69) is 21.0 Å². The van der Waals surface area contributed by atoms with Crippen molar-refractivity contribution in [1.29, 1.82) is 0 Å². The van der Waals surface area contributed by atoms with Crippen molar-refractivity contribution in [3.8, 4) is 33.6 Å². The number of carbonyl (C=O) groups excluding carboxylic acids is 1. The molecule has 138 valence electrons. The quantitative estimate of drug-likeness (QED) is 0.661. The molecule has 2 N–H and O–H groups in total. The molecule has 2 aliphatic rings. The molecule has 0 spiro atoms. The summed E-state index contributed by atoms with van der Waals surface area (Å²) in [5.74, 6) is 1.42. The fourth-order valence-electron chi connectivity index (χ4n) is 3.52. The van der Waals surface area contributed by atoms with Gasteiger partial charge in [0.05, 0.1) is 26.8 Å². The van der Waals surface area contributed by atoms with Gasteiger partial charge < -0.3 is 19.9 Å². The average molecular weight is 448 g/mol. The lowest BCUT2D eigenvalue weighted by Crippen LogP contribution is -2.13. The Morgan fingerprint density at radius 1 is 1.33 bits per heavy atom. The van der Waals surface area contributed by atoms with Crippen LogP contribution in [0.5, 0.6) is 22.3 Å². The highest BCUT2D eigenvalue weighted by atomic mass is 79.9. The maximum absolute atomic E-state index is 12.0. The van der Waals surface area contributed by atoms with E-state index in [0.29, 0.717) is 27.2 Å². The number of halogens is 1. The van der Waals surface area contributed by atoms with E-state index >= 15 is 0 Å². The number of fused-ring (bicyclic) bond motifs is 4. The van der Waals surface area contributed by atoms with E-state index in [4.69, 9.17) is 19.9 Å². The summed E-state index contributed by atoms with van der Waals surface area (Å²) >= 11 is 4.78. The highest BCUT2D eigenvalue weighted by Gasteiger charge is 2.31. The molecular formula is C18H14BrN3O4S. The highest BCUT2D eigenvalue weighted by molar-refractivity contribution is 9.10. The third-order valence-electron chi connectivity index (χ3n) is 4.72. The molecule has 7 nitrogen and oxygen atoms in total. The van der Waals surface area contributed by atoms with Gasteiger partial charge in [0, 0.05) is 19.2 Å². The topological polar surface area (TPSA) is 88.6 Å². The van der Waals surface area contributed by atoms with Gasteiger partial charge in [0.15, 0.2) is 16.6 Å². The molecule has 0 unspecified atom stereocenters. The molecule has 0 bridgehead atoms. The molecule has 0 saturated carbocycles. The molecule has 27 heavy (non-hydrogen) atoms. The maximum Gasteiger partial charge on any atom is 0.259 e. The standard InChI is InChI=1S/C18H14BrN3O4S/c1-22-15-8(6-21-22)2-3-9-14(15)18(27-16(9)17(20)23)26-11-5-13-12(4-10(11)19)24-7-25-13/h4-6H,2-3,7H2,1H3,(H2,20,23). The van der Waals surface area contributed by atoms with Crippen molar-refractivity contribution < 1.29 is 19.0 Å². The fraction of sp³-hybridized carbons (Fsp3) is 0.222. The monoisotopic (exact) mass is 447 g/mol. The largest absolute Gasteiger partial charge is 0.454 e. The number of ether oxygens (including phenoxy) is 3. The number of thiophene rings is 1. The van der Waals surface area contributed by atoms with Crippen LogP contribution in [0.1, 0.15) is 20.8 Å². The van der Waals surface area contributed by atoms with Crippen LogP contribution in [0.2, 0.25) is 0 Å². The fourth-order valence-corrected chi connectivity index (χ4v) is 4.99. The van der Waals surface area contributed by atoms with Crippen molar-refractivity contribution in [2.75, 3.05) is 6.79 Å². The minimum Gasteiger partial charge on any atom is -0.454 e. The van der Waals surface area contributed by atoms with Crippen LogP contribution >= 0.6 is 27.3 Å². The molecule has 0 atom stereocenters. The number of aromatic nitrogens is 2. The summed E-state index contributed by atoms with van der Waals surface area (Å²) in [6.45, 7) is 0.184. The van der Waals surface area contributed by atoms with Crippen molar-refractivity contribution >= 4 is 33.2 Å². The zero-order chi connectivity index (χ0) is 18.7. The van der Waals surface area contributed by atoms with Gasteiger partial charge in [-0.25, -0.2) is 0 Å². The zero-order valence-electron chi connectivity index (χ0n) is 14.2. The van der Waals surface area contributed by atoms with Crippen LogP contribution in [0.3, 0.4) is 0 Å². The molecule has 1 aliphatic carbocycles. The average Bonchev–Trinajstić information content (AvgIpc) is 3.33. The van der Waals surface area contributed by atoms with E-state index in [0.717, 1.165) is 39.7 Å². The number of rotatable bonds is 3. The van der Waals surface area contributed by atoms with Crippen LogP contribution in [-0.2, 0) is 19.9 Å². The summed E-state index contributed by atoms with van der Waals surface area (Å²) in [6.07, 6.45) is 3.41. The Kier molecular flexibility index (Phi) is 3.70. The van der Waals surface area contributed by atoms with Gasteiger partial charge in [-0.2, -0.15) is 5.10 Å². The normalized spacial score (nSPS) is 14.0. The summed E-state index contributed by atoms with van der Waals surface area (Å²) in [5.41, 5.74) is 9.54. The second kappa shape index (κ2) is 6.00. The zero-order valence-corrected chi connectivity index (χ0v) is 16.6. The number of carbonyl (C=O) groups is 1. The third-order valence-corrected chi connectivity index (χ3v) is 6.47. The molecule has 1 aromatic carbocycles. The number of amides is 1. The van der Waals surface area contributed by atoms with E-state index in [1.165, 1.54) is 11.3 Å². The molecule has 2 aromatic heterocycles. The van der Waals surface area contributed by atoms with Crippen LogP contribution in [0, 0.1) is 0 Å². The Hall–Kier alpha value is -2.52. The van der Waals surface area contributed by atoms with E-state index < -0.39 is 5.91 Å². The van der Waals surface area contributed by atoms with Crippen LogP contribution in [0.25, 0.3) is 11.3 Å². The molecule has 9 heteroatoms. The first kappa shape index (κ1) is 16.6. The molecule has 0 saturated heterocycles. The Morgan fingerprint density at radius 2 is 2.11 bits per heavy atom. The third kappa shape index (κ3) is 2.53. The summed E-state index contributed by atoms with van der Waals surface area (Å²) in [4.78, 5) is 12.5. The Morgan fingerprint density at radius 3 is 2.89 bits per heavy atom. The second-order valence-corrected chi connectivity index (χ2v) is 8.15. The van der Waals surface area contributed by atoms with Gasteiger partial charge in [-0.05, 0) is 39.9 Å². The molecule has 3 heterocycles. The van der Waals surface area contributed by atoms with Gasteiger partial charge in [0.2, 0.25) is 6.79 Å². The van der Waals surface area contributed by atoms with Gasteiger partial charge in [-0.3, -0.25) is 9.48 Å². The number of aryl methyl sites for hydroxylation is 2. The lowest BCUT2D eigenvalue weighted by atomic mass is 9.91. The van der Waals surface area contributed by atoms with Gasteiger partial charge in [-0.15, -0.1) is 0 Å². The van der Waals surface area contributed by atoms with E-state index in [1.807, 2.05) is 24.0 Å². The minimum absolute atomic E-state index is 0.184. The molecular weight excluding hydrogens is 434 g/mol. The summed E-state index contributed by atoms with van der Waals surface area (Å²) in [6, 6.07) is 3.58. The maximum atomic E-state index is 12.0. The molecule has 5 rings (SSSR count). The Balaban J connectivity index is 1.66. The molecule has 1 aliphatic heterocycles. The molecule has 0 fully saturated rings. The number of nitrogens with zero attached hydrogens (tertiary/aromatic N) is 2. The first-order valence-corrected chi connectivity index (χ1v) is 9.87. The summed E-state index contributed by atoms with van der Waals surface area (Å²) in [5, 5.41) is 4.98. The summed E-state index contributed by atoms with van der Waals surface area (Å²) in [7, 11) is 1.88. The molecule has 3 aromatic rings. The van der Waals surface area contributed by atoms with Crippen LogP contribution < -0.4 is 19.9 Å². The molecule has 1 amide bonds. The predicted molar refractivity (Wildman–Crippen MR) is 103 cm³/mol. The van der Waals surface area contributed by atoms with Crippen LogP contribution in [0.15, 0.2) is 22.8 Å². The van der Waals surface area contributed by atoms with E-state index in [9.17, 15) is 4.79 Å². The van der Waals surface area contributed by atoms with E-state index in [1.54, 1.807) is 6.07 Å². The van der Waals surface area contributed by atoms with Gasteiger partial charge in [0.25, 0.3) is 5.91 Å². The Bertz CT molecular complexity index is 1100. The summed E-state index contributed by atoms with van der Waals surface area (Å²) < 4.78 is 19.6. The lowest BCUT2D eigenvalue weighted by Gasteiger charge is -2.16. The number of hydrogen-bond donors (Lipinski definition) is 1. The lowest BCUT2D eigenvalue weighted by molar-refractivity contribution is 0.100. The molecule has 0 radical (unpaired) electrons. The van der Waals surface area contributed by atoms with Crippen molar-refractivity contribution in [1.82, 2.24) is 9.78 Å². The number of hydrogen-bond acceptors (Lipinski definition) is 6. The van der Waals surface area contributed by atoms with Gasteiger partial charge in [0.1, 0.15) is 5.75 Å². The van der Waals surface area contributed by atoms with Crippen molar-refractivity contribution in [3.05, 3.63) is 38.8 Å². The van der Waals surface area contributed by atoms with Crippen LogP contribution in [0.4, 0.5) is 0 Å². The van der Waals surface area contributed by atoms with Crippen LogP contribution in [-0.4, -0.2) is 22.5 Å². The number of benzene rings is 1. The smallest absolute Gasteiger partial charge is 0.259 e. The Labute approximate surface area is 166 Å². The first-order chi connectivity index (χ1) is 13.0. The van der Waals surface area contributed by atoms with Crippen molar-refractivity contribution in [3.63, 3.8) is 0 Å². The number of nitrogens with two attached hydrogens (primary N) is 1. The highest BCUT2D eigenvalue weighted by Crippen LogP contribution is 2.50.